The van der Waals surface area contributed by atoms with E-state index in [-0.39, 0.29) is 5.91 Å². The molecule has 0 unspecified atom stereocenters. The Bertz CT molecular complexity index is 833. The summed E-state index contributed by atoms with van der Waals surface area (Å²) >= 11 is 0. The zero-order chi connectivity index (χ0) is 15.0. The van der Waals surface area contributed by atoms with Gasteiger partial charge in [-0.3, -0.25) is 9.48 Å². The number of nitrogens with one attached hydrogen (secondary N) is 1. The number of hydrogen-bond acceptors (Lipinski definition) is 2. The smallest absolute Gasteiger partial charge is 0.259 e. The van der Waals surface area contributed by atoms with Crippen LogP contribution in [-0.4, -0.2) is 15.7 Å². The van der Waals surface area contributed by atoms with Crippen LogP contribution in [0, 0.1) is 13.8 Å². The minimum atomic E-state index is -0.117. The van der Waals surface area contributed by atoms with Gasteiger partial charge in [0.05, 0.1) is 11.3 Å². The van der Waals surface area contributed by atoms with E-state index in [1.165, 1.54) is 0 Å². The Hall–Kier alpha value is -2.62. The number of nitrogens with zero attached hydrogens (tertiary/aromatic N) is 2. The van der Waals surface area contributed by atoms with E-state index in [9.17, 15) is 4.79 Å². The molecular formula is C17H17N3O. The van der Waals surface area contributed by atoms with Crippen LogP contribution >= 0.6 is 0 Å². The third kappa shape index (κ3) is 2.40. The van der Waals surface area contributed by atoms with Gasteiger partial charge in [-0.15, -0.1) is 0 Å². The maximum Gasteiger partial charge on any atom is 0.259 e. The summed E-state index contributed by atoms with van der Waals surface area (Å²) in [6.45, 7) is 3.75. The average Bonchev–Trinajstić information content (AvgIpc) is 2.72. The highest BCUT2D eigenvalue weighted by Gasteiger charge is 2.17. The largest absolute Gasteiger partial charge is 0.322 e. The van der Waals surface area contributed by atoms with Crippen molar-refractivity contribution in [2.75, 3.05) is 5.32 Å². The summed E-state index contributed by atoms with van der Waals surface area (Å²) < 4.78 is 1.73. The molecule has 2 aromatic carbocycles. The van der Waals surface area contributed by atoms with Gasteiger partial charge in [-0.25, -0.2) is 0 Å². The number of rotatable bonds is 2. The van der Waals surface area contributed by atoms with Gasteiger partial charge < -0.3 is 5.32 Å². The number of benzene rings is 2. The van der Waals surface area contributed by atoms with E-state index in [0.29, 0.717) is 5.56 Å². The molecule has 0 aliphatic heterocycles. The van der Waals surface area contributed by atoms with E-state index in [4.69, 9.17) is 0 Å². The molecule has 0 aliphatic carbocycles. The molecule has 3 aromatic rings. The van der Waals surface area contributed by atoms with Gasteiger partial charge in [0.15, 0.2) is 0 Å². The fraction of sp³-hybridized carbons (Fsp3) is 0.176. The van der Waals surface area contributed by atoms with Crippen LogP contribution < -0.4 is 5.32 Å². The number of aryl methyl sites for hydroxylation is 2. The molecule has 1 aromatic heterocycles. The Morgan fingerprint density at radius 3 is 2.48 bits per heavy atom. The number of amides is 1. The quantitative estimate of drug-likeness (QED) is 0.781. The third-order valence-corrected chi connectivity index (χ3v) is 3.74. The molecule has 0 saturated carbocycles. The Labute approximate surface area is 123 Å². The standard InChI is InChI=1S/C17H17N3O/c1-11-16(12(2)20(3)19-11)17(21)18-15-9-8-13-6-4-5-7-14(13)10-15/h4-10H,1-3H3,(H,18,21). The lowest BCUT2D eigenvalue weighted by atomic mass is 10.1. The second-order valence-corrected chi connectivity index (χ2v) is 5.19. The molecule has 0 aliphatic rings. The fourth-order valence-corrected chi connectivity index (χ4v) is 2.56. The van der Waals surface area contributed by atoms with Crippen molar-refractivity contribution in [3.05, 3.63) is 59.4 Å². The Morgan fingerprint density at radius 1 is 1.10 bits per heavy atom. The number of carbonyl (C=O) groups is 1. The minimum Gasteiger partial charge on any atom is -0.322 e. The summed E-state index contributed by atoms with van der Waals surface area (Å²) in [6, 6.07) is 14.0. The predicted octanol–water partition coefficient (Wildman–Crippen LogP) is 3.44. The van der Waals surface area contributed by atoms with Gasteiger partial charge in [-0.05, 0) is 36.8 Å². The van der Waals surface area contributed by atoms with Crippen molar-refractivity contribution in [1.82, 2.24) is 9.78 Å². The number of fused-ring (bicyclic) bond motifs is 1. The molecule has 4 heteroatoms. The van der Waals surface area contributed by atoms with Crippen LogP contribution in [0.3, 0.4) is 0 Å². The lowest BCUT2D eigenvalue weighted by Gasteiger charge is -2.07. The molecule has 1 amide bonds. The molecule has 0 fully saturated rings. The molecule has 0 radical (unpaired) electrons. The molecule has 3 rings (SSSR count). The van der Waals surface area contributed by atoms with E-state index in [2.05, 4.69) is 16.5 Å². The van der Waals surface area contributed by atoms with Gasteiger partial charge in [0.25, 0.3) is 5.91 Å². The molecule has 1 heterocycles. The van der Waals surface area contributed by atoms with Gasteiger partial charge >= 0.3 is 0 Å². The average molecular weight is 279 g/mol. The Kier molecular flexibility index (Phi) is 3.22. The van der Waals surface area contributed by atoms with Crippen molar-refractivity contribution in [2.45, 2.75) is 13.8 Å². The second-order valence-electron chi connectivity index (χ2n) is 5.19. The maximum absolute atomic E-state index is 12.4. The first-order chi connectivity index (χ1) is 10.1. The lowest BCUT2D eigenvalue weighted by molar-refractivity contribution is 0.102. The van der Waals surface area contributed by atoms with Crippen LogP contribution in [0.1, 0.15) is 21.7 Å². The van der Waals surface area contributed by atoms with Gasteiger partial charge in [-0.1, -0.05) is 30.3 Å². The highest BCUT2D eigenvalue weighted by atomic mass is 16.1. The van der Waals surface area contributed by atoms with E-state index in [1.807, 2.05) is 57.3 Å². The predicted molar refractivity (Wildman–Crippen MR) is 84.6 cm³/mol. The molecule has 0 atom stereocenters. The van der Waals surface area contributed by atoms with Crippen molar-refractivity contribution in [3.8, 4) is 0 Å². The van der Waals surface area contributed by atoms with E-state index < -0.39 is 0 Å². The van der Waals surface area contributed by atoms with Crippen LogP contribution in [-0.2, 0) is 7.05 Å². The molecule has 4 nitrogen and oxygen atoms in total. The molecule has 0 saturated heterocycles. The number of anilines is 1. The van der Waals surface area contributed by atoms with Gasteiger partial charge in [0.1, 0.15) is 0 Å². The van der Waals surface area contributed by atoms with Crippen LogP contribution in [0.15, 0.2) is 42.5 Å². The summed E-state index contributed by atoms with van der Waals surface area (Å²) in [5.41, 5.74) is 3.05. The van der Waals surface area contributed by atoms with E-state index >= 15 is 0 Å². The first-order valence-corrected chi connectivity index (χ1v) is 6.86. The Balaban J connectivity index is 1.92. The highest BCUT2D eigenvalue weighted by molar-refractivity contribution is 6.06. The van der Waals surface area contributed by atoms with Crippen molar-refractivity contribution >= 4 is 22.4 Å². The molecule has 0 spiro atoms. The molecule has 0 bridgehead atoms. The lowest BCUT2D eigenvalue weighted by Crippen LogP contribution is -2.14. The third-order valence-electron chi connectivity index (χ3n) is 3.74. The summed E-state index contributed by atoms with van der Waals surface area (Å²) in [4.78, 5) is 12.4. The molecule has 106 valence electrons. The maximum atomic E-state index is 12.4. The highest BCUT2D eigenvalue weighted by Crippen LogP contribution is 2.20. The van der Waals surface area contributed by atoms with Gasteiger partial charge in [-0.2, -0.15) is 5.10 Å². The van der Waals surface area contributed by atoms with E-state index in [0.717, 1.165) is 27.8 Å². The van der Waals surface area contributed by atoms with Gasteiger partial charge in [0, 0.05) is 18.4 Å². The van der Waals surface area contributed by atoms with E-state index in [1.54, 1.807) is 4.68 Å². The number of carbonyl (C=O) groups excluding carboxylic acids is 1. The first kappa shape index (κ1) is 13.4. The minimum absolute atomic E-state index is 0.117. The van der Waals surface area contributed by atoms with Crippen LogP contribution in [0.5, 0.6) is 0 Å². The number of hydrogen-bond donors (Lipinski definition) is 1. The summed E-state index contributed by atoms with van der Waals surface area (Å²) in [5.74, 6) is -0.117. The normalized spacial score (nSPS) is 10.8. The van der Waals surface area contributed by atoms with Crippen LogP contribution in [0.4, 0.5) is 5.69 Å². The van der Waals surface area contributed by atoms with Crippen molar-refractivity contribution in [3.63, 3.8) is 0 Å². The second kappa shape index (κ2) is 5.05. The fourth-order valence-electron chi connectivity index (χ4n) is 2.56. The molecular weight excluding hydrogens is 262 g/mol. The SMILES string of the molecule is Cc1nn(C)c(C)c1C(=O)Nc1ccc2ccccc2c1. The summed E-state index contributed by atoms with van der Waals surface area (Å²) in [6.07, 6.45) is 0. The molecule has 1 N–H and O–H groups in total. The number of aromatic nitrogens is 2. The Morgan fingerprint density at radius 2 is 1.81 bits per heavy atom. The van der Waals surface area contributed by atoms with Crippen molar-refractivity contribution < 1.29 is 4.79 Å². The van der Waals surface area contributed by atoms with Crippen LogP contribution in [0.2, 0.25) is 0 Å². The topological polar surface area (TPSA) is 46.9 Å². The van der Waals surface area contributed by atoms with Crippen molar-refractivity contribution in [2.24, 2.45) is 7.05 Å². The summed E-state index contributed by atoms with van der Waals surface area (Å²) in [7, 11) is 1.84. The molecule has 21 heavy (non-hydrogen) atoms. The summed E-state index contributed by atoms with van der Waals surface area (Å²) in [5, 5.41) is 9.50. The monoisotopic (exact) mass is 279 g/mol. The first-order valence-electron chi connectivity index (χ1n) is 6.86. The van der Waals surface area contributed by atoms with Crippen molar-refractivity contribution in [1.29, 1.82) is 0 Å². The zero-order valence-electron chi connectivity index (χ0n) is 12.3. The van der Waals surface area contributed by atoms with Gasteiger partial charge in [0.2, 0.25) is 0 Å². The van der Waals surface area contributed by atoms with Crippen LogP contribution in [0.25, 0.3) is 10.8 Å². The zero-order valence-corrected chi connectivity index (χ0v) is 12.3.